The second-order valence-corrected chi connectivity index (χ2v) is 5.03. The number of methoxy groups -OCH3 is 4. The van der Waals surface area contributed by atoms with E-state index in [2.05, 4.69) is 10.1 Å². The molecule has 0 aliphatic carbocycles. The predicted octanol–water partition coefficient (Wildman–Crippen LogP) is 3.44. The molecule has 0 aliphatic heterocycles. The number of hydrogen-bond donors (Lipinski definition) is 0. The lowest BCUT2D eigenvalue weighted by Gasteiger charge is -2.09. The van der Waals surface area contributed by atoms with E-state index in [9.17, 15) is 0 Å². The van der Waals surface area contributed by atoms with Gasteiger partial charge in [-0.3, -0.25) is 0 Å². The van der Waals surface area contributed by atoms with Crippen LogP contribution < -0.4 is 18.9 Å². The predicted molar refractivity (Wildman–Crippen MR) is 91.4 cm³/mol. The molecule has 0 saturated heterocycles. The molecule has 0 spiro atoms. The van der Waals surface area contributed by atoms with Crippen LogP contribution in [0.15, 0.2) is 40.9 Å². The minimum Gasteiger partial charge on any atom is -0.496 e. The Morgan fingerprint density at radius 1 is 0.760 bits per heavy atom. The van der Waals surface area contributed by atoms with Gasteiger partial charge in [0.05, 0.1) is 28.4 Å². The summed E-state index contributed by atoms with van der Waals surface area (Å²) < 4.78 is 26.7. The van der Waals surface area contributed by atoms with Gasteiger partial charge in [0.1, 0.15) is 17.1 Å². The topological polar surface area (TPSA) is 75.8 Å². The van der Waals surface area contributed by atoms with E-state index in [-0.39, 0.29) is 0 Å². The maximum Gasteiger partial charge on any atom is 0.265 e. The molecule has 3 aromatic rings. The first kappa shape index (κ1) is 16.6. The average molecular weight is 342 g/mol. The second-order valence-electron chi connectivity index (χ2n) is 5.03. The molecule has 0 saturated carbocycles. The molecule has 3 rings (SSSR count). The van der Waals surface area contributed by atoms with Crippen LogP contribution in [0.25, 0.3) is 22.8 Å². The van der Waals surface area contributed by atoms with Crippen molar-refractivity contribution in [3.8, 4) is 45.8 Å². The van der Waals surface area contributed by atoms with Crippen LogP contribution in [0.4, 0.5) is 0 Å². The monoisotopic (exact) mass is 342 g/mol. The molecule has 0 radical (unpaired) electrons. The van der Waals surface area contributed by atoms with Gasteiger partial charge in [-0.05, 0) is 30.3 Å². The smallest absolute Gasteiger partial charge is 0.265 e. The first-order valence-electron chi connectivity index (χ1n) is 7.49. The standard InChI is InChI=1S/C18H18N2O5/c1-21-12-9-8-11(10-15(12)24-4)17-19-18(25-20-17)16-13(22-2)6-5-7-14(16)23-3/h5-10H,1-4H3. The van der Waals surface area contributed by atoms with Gasteiger partial charge in [-0.25, -0.2) is 0 Å². The zero-order valence-electron chi connectivity index (χ0n) is 14.4. The van der Waals surface area contributed by atoms with Crippen molar-refractivity contribution in [2.45, 2.75) is 0 Å². The Balaban J connectivity index is 2.05. The number of ether oxygens (including phenoxy) is 4. The molecular weight excluding hydrogens is 324 g/mol. The molecule has 0 N–H and O–H groups in total. The van der Waals surface area contributed by atoms with Crippen LogP contribution in [0, 0.1) is 0 Å². The molecular formula is C18H18N2O5. The van der Waals surface area contributed by atoms with E-state index >= 15 is 0 Å². The average Bonchev–Trinajstić information content (AvgIpc) is 3.16. The molecule has 0 atom stereocenters. The van der Waals surface area contributed by atoms with Crippen molar-refractivity contribution < 1.29 is 23.5 Å². The minimum absolute atomic E-state index is 0.305. The summed E-state index contributed by atoms with van der Waals surface area (Å²) in [4.78, 5) is 4.46. The Labute approximate surface area is 145 Å². The van der Waals surface area contributed by atoms with E-state index in [0.29, 0.717) is 40.3 Å². The molecule has 25 heavy (non-hydrogen) atoms. The van der Waals surface area contributed by atoms with Crippen molar-refractivity contribution >= 4 is 0 Å². The normalized spacial score (nSPS) is 10.4. The highest BCUT2D eigenvalue weighted by molar-refractivity contribution is 5.72. The van der Waals surface area contributed by atoms with Gasteiger partial charge in [0.2, 0.25) is 5.82 Å². The number of aromatic nitrogens is 2. The Hall–Kier alpha value is -3.22. The quantitative estimate of drug-likeness (QED) is 0.679. The molecule has 1 heterocycles. The van der Waals surface area contributed by atoms with Gasteiger partial charge in [-0.2, -0.15) is 4.98 Å². The van der Waals surface area contributed by atoms with E-state index in [4.69, 9.17) is 23.5 Å². The molecule has 130 valence electrons. The molecule has 0 aliphatic rings. The van der Waals surface area contributed by atoms with Crippen LogP contribution in [0.5, 0.6) is 23.0 Å². The van der Waals surface area contributed by atoms with Crippen LogP contribution in [-0.2, 0) is 0 Å². The lowest BCUT2D eigenvalue weighted by molar-refractivity contribution is 0.355. The molecule has 0 bridgehead atoms. The number of nitrogens with zero attached hydrogens (tertiary/aromatic N) is 2. The zero-order chi connectivity index (χ0) is 17.8. The molecule has 2 aromatic carbocycles. The lowest BCUT2D eigenvalue weighted by atomic mass is 10.1. The summed E-state index contributed by atoms with van der Waals surface area (Å²) in [7, 11) is 6.30. The summed E-state index contributed by atoms with van der Waals surface area (Å²) in [6, 6.07) is 10.8. The van der Waals surface area contributed by atoms with Gasteiger partial charge in [-0.1, -0.05) is 11.2 Å². The molecule has 7 nitrogen and oxygen atoms in total. The fourth-order valence-electron chi connectivity index (χ4n) is 2.48. The summed E-state index contributed by atoms with van der Waals surface area (Å²) in [5.74, 6) is 3.11. The van der Waals surface area contributed by atoms with Crippen molar-refractivity contribution in [2.75, 3.05) is 28.4 Å². The van der Waals surface area contributed by atoms with Crippen molar-refractivity contribution in [3.63, 3.8) is 0 Å². The summed E-state index contributed by atoms with van der Waals surface area (Å²) in [6.07, 6.45) is 0. The van der Waals surface area contributed by atoms with Crippen LogP contribution >= 0.6 is 0 Å². The Kier molecular flexibility index (Phi) is 4.74. The Morgan fingerprint density at radius 2 is 1.40 bits per heavy atom. The van der Waals surface area contributed by atoms with Crippen LogP contribution in [0.3, 0.4) is 0 Å². The Morgan fingerprint density at radius 3 is 2.00 bits per heavy atom. The molecule has 0 amide bonds. The second kappa shape index (κ2) is 7.12. The lowest BCUT2D eigenvalue weighted by Crippen LogP contribution is -1.93. The van der Waals surface area contributed by atoms with Gasteiger partial charge < -0.3 is 23.5 Å². The summed E-state index contributed by atoms with van der Waals surface area (Å²) in [5.41, 5.74) is 1.34. The van der Waals surface area contributed by atoms with Gasteiger partial charge in [0.25, 0.3) is 5.89 Å². The third-order valence-corrected chi connectivity index (χ3v) is 3.71. The first-order valence-corrected chi connectivity index (χ1v) is 7.49. The maximum absolute atomic E-state index is 5.43. The van der Waals surface area contributed by atoms with Gasteiger partial charge in [0, 0.05) is 5.56 Å². The summed E-state index contributed by atoms with van der Waals surface area (Å²) >= 11 is 0. The Bertz CT molecular complexity index is 853. The third-order valence-electron chi connectivity index (χ3n) is 3.71. The van der Waals surface area contributed by atoms with Gasteiger partial charge >= 0.3 is 0 Å². The number of rotatable bonds is 6. The van der Waals surface area contributed by atoms with Crippen LogP contribution in [0.1, 0.15) is 0 Å². The molecule has 0 unspecified atom stereocenters. The fourth-order valence-corrected chi connectivity index (χ4v) is 2.48. The maximum atomic E-state index is 5.43. The molecule has 0 fully saturated rings. The van der Waals surface area contributed by atoms with Crippen LogP contribution in [-0.4, -0.2) is 38.6 Å². The molecule has 1 aromatic heterocycles. The zero-order valence-corrected chi connectivity index (χ0v) is 14.4. The SMILES string of the molecule is COc1ccc(-c2noc(-c3c(OC)cccc3OC)n2)cc1OC. The highest BCUT2D eigenvalue weighted by Gasteiger charge is 2.20. The first-order chi connectivity index (χ1) is 12.2. The molecule has 7 heteroatoms. The minimum atomic E-state index is 0.305. The third kappa shape index (κ3) is 3.08. The van der Waals surface area contributed by atoms with Crippen LogP contribution in [0.2, 0.25) is 0 Å². The van der Waals surface area contributed by atoms with E-state index in [0.717, 1.165) is 5.56 Å². The van der Waals surface area contributed by atoms with E-state index in [1.54, 1.807) is 52.7 Å². The van der Waals surface area contributed by atoms with E-state index in [1.807, 2.05) is 12.1 Å². The highest BCUT2D eigenvalue weighted by atomic mass is 16.5. The summed E-state index contributed by atoms with van der Waals surface area (Å²) in [5, 5.41) is 4.05. The number of benzene rings is 2. The van der Waals surface area contributed by atoms with E-state index in [1.165, 1.54) is 0 Å². The van der Waals surface area contributed by atoms with Crippen molar-refractivity contribution in [3.05, 3.63) is 36.4 Å². The van der Waals surface area contributed by atoms with Gasteiger partial charge in [0.15, 0.2) is 11.5 Å². The summed E-state index contributed by atoms with van der Waals surface area (Å²) in [6.45, 7) is 0. The highest BCUT2D eigenvalue weighted by Crippen LogP contribution is 2.38. The van der Waals surface area contributed by atoms with E-state index < -0.39 is 0 Å². The van der Waals surface area contributed by atoms with Gasteiger partial charge in [-0.15, -0.1) is 0 Å². The van der Waals surface area contributed by atoms with Crippen molar-refractivity contribution in [2.24, 2.45) is 0 Å². The van der Waals surface area contributed by atoms with Crippen molar-refractivity contribution in [1.29, 1.82) is 0 Å². The van der Waals surface area contributed by atoms with Crippen molar-refractivity contribution in [1.82, 2.24) is 10.1 Å². The fraction of sp³-hybridized carbons (Fsp3) is 0.222. The largest absolute Gasteiger partial charge is 0.496 e. The number of hydrogen-bond acceptors (Lipinski definition) is 7.